The van der Waals surface area contributed by atoms with Gasteiger partial charge < -0.3 is 19.5 Å². The number of sulfonamides is 1. The van der Waals surface area contributed by atoms with E-state index in [1.54, 1.807) is 0 Å². The molecule has 0 spiro atoms. The third-order valence-electron chi connectivity index (χ3n) is 5.37. The van der Waals surface area contributed by atoms with Crippen molar-refractivity contribution in [1.29, 1.82) is 0 Å². The van der Waals surface area contributed by atoms with Crippen LogP contribution in [-0.4, -0.2) is 48.2 Å². The summed E-state index contributed by atoms with van der Waals surface area (Å²) >= 11 is 0. The molecule has 3 aromatic rings. The van der Waals surface area contributed by atoms with E-state index in [4.69, 9.17) is 14.2 Å². The van der Waals surface area contributed by atoms with E-state index in [0.717, 1.165) is 22.9 Å². The molecule has 0 saturated heterocycles. The van der Waals surface area contributed by atoms with E-state index >= 15 is 0 Å². The van der Waals surface area contributed by atoms with E-state index in [9.17, 15) is 17.6 Å². The van der Waals surface area contributed by atoms with E-state index in [2.05, 4.69) is 12.2 Å². The number of nitrogens with zero attached hydrogens (tertiary/aromatic N) is 1. The number of carbonyl (C=O) groups excluding carboxylic acids is 1. The predicted octanol–water partition coefficient (Wildman–Crippen LogP) is 3.80. The van der Waals surface area contributed by atoms with Gasteiger partial charge in [-0.15, -0.1) is 0 Å². The minimum absolute atomic E-state index is 0.115. The average molecular weight is 517 g/mol. The van der Waals surface area contributed by atoms with Crippen molar-refractivity contribution < 1.29 is 31.8 Å². The van der Waals surface area contributed by atoms with Gasteiger partial charge in [-0.25, -0.2) is 12.8 Å². The van der Waals surface area contributed by atoms with Crippen molar-refractivity contribution in [2.24, 2.45) is 0 Å². The Morgan fingerprint density at radius 3 is 2.22 bits per heavy atom. The number of methoxy groups -OCH3 is 2. The van der Waals surface area contributed by atoms with Crippen molar-refractivity contribution in [3.63, 3.8) is 0 Å². The normalized spacial score (nSPS) is 11.0. The molecule has 3 aromatic carbocycles. The van der Waals surface area contributed by atoms with Crippen LogP contribution in [0.1, 0.15) is 12.5 Å². The van der Waals surface area contributed by atoms with Crippen molar-refractivity contribution >= 4 is 21.6 Å². The van der Waals surface area contributed by atoms with Gasteiger partial charge in [0.25, 0.3) is 10.0 Å². The lowest BCUT2D eigenvalue weighted by atomic mass is 10.2. The zero-order chi connectivity index (χ0) is 26.1. The summed E-state index contributed by atoms with van der Waals surface area (Å²) < 4.78 is 57.5. The number of amides is 1. The molecule has 0 heterocycles. The van der Waals surface area contributed by atoms with Crippen LogP contribution in [0.2, 0.25) is 0 Å². The molecular formula is C26H29FN2O6S. The Morgan fingerprint density at radius 2 is 1.61 bits per heavy atom. The van der Waals surface area contributed by atoms with Crippen LogP contribution in [0.3, 0.4) is 0 Å². The Morgan fingerprint density at radius 1 is 0.944 bits per heavy atom. The van der Waals surface area contributed by atoms with Crippen LogP contribution in [0.25, 0.3) is 0 Å². The van der Waals surface area contributed by atoms with E-state index in [1.807, 2.05) is 24.3 Å². The highest BCUT2D eigenvalue weighted by atomic mass is 32.2. The highest BCUT2D eigenvalue weighted by Gasteiger charge is 2.28. The third-order valence-corrected chi connectivity index (χ3v) is 7.14. The first-order chi connectivity index (χ1) is 17.3. The van der Waals surface area contributed by atoms with Gasteiger partial charge in [-0.2, -0.15) is 0 Å². The lowest BCUT2D eigenvalue weighted by Crippen LogP contribution is -2.42. The van der Waals surface area contributed by atoms with Crippen molar-refractivity contribution in [3.05, 3.63) is 78.1 Å². The second-order valence-corrected chi connectivity index (χ2v) is 9.56. The Bertz CT molecular complexity index is 1260. The van der Waals surface area contributed by atoms with Crippen molar-refractivity contribution in [2.45, 2.75) is 18.2 Å². The number of hydrogen-bond acceptors (Lipinski definition) is 6. The molecule has 10 heteroatoms. The first kappa shape index (κ1) is 26.8. The van der Waals surface area contributed by atoms with Gasteiger partial charge in [-0.3, -0.25) is 9.10 Å². The van der Waals surface area contributed by atoms with Crippen LogP contribution in [0, 0.1) is 5.82 Å². The quantitative estimate of drug-likeness (QED) is 0.368. The molecule has 0 atom stereocenters. The Hall–Kier alpha value is -3.79. The summed E-state index contributed by atoms with van der Waals surface area (Å²) in [4.78, 5) is 12.6. The standard InChI is InChI=1S/C26H29FN2O6S/c1-4-19-5-11-22(12-6-19)35-16-15-28-26(30)18-29(21-9-7-20(27)8-10-21)36(31,32)23-13-14-24(33-2)25(17-23)34-3/h5-14,17H,4,15-16,18H2,1-3H3,(H,28,30). The zero-order valence-electron chi connectivity index (χ0n) is 20.4. The zero-order valence-corrected chi connectivity index (χ0v) is 21.2. The molecule has 0 aliphatic rings. The minimum Gasteiger partial charge on any atom is -0.493 e. The van der Waals surface area contributed by atoms with Gasteiger partial charge in [0.1, 0.15) is 24.7 Å². The maximum Gasteiger partial charge on any atom is 0.264 e. The van der Waals surface area contributed by atoms with E-state index in [0.29, 0.717) is 11.5 Å². The molecule has 36 heavy (non-hydrogen) atoms. The molecule has 0 bridgehead atoms. The van der Waals surface area contributed by atoms with E-state index in [1.165, 1.54) is 50.1 Å². The molecule has 1 amide bonds. The smallest absolute Gasteiger partial charge is 0.264 e. The van der Waals surface area contributed by atoms with Gasteiger partial charge in [0, 0.05) is 6.07 Å². The van der Waals surface area contributed by atoms with Gasteiger partial charge in [0.2, 0.25) is 5.91 Å². The summed E-state index contributed by atoms with van der Waals surface area (Å²) in [5, 5.41) is 2.66. The fourth-order valence-corrected chi connectivity index (χ4v) is 4.83. The Balaban J connectivity index is 1.74. The second-order valence-electron chi connectivity index (χ2n) is 7.70. The lowest BCUT2D eigenvalue weighted by Gasteiger charge is -2.24. The number of aryl methyl sites for hydroxylation is 1. The fraction of sp³-hybridized carbons (Fsp3) is 0.269. The van der Waals surface area contributed by atoms with Gasteiger partial charge >= 0.3 is 0 Å². The van der Waals surface area contributed by atoms with Crippen LogP contribution in [-0.2, 0) is 21.2 Å². The molecule has 0 radical (unpaired) electrons. The highest BCUT2D eigenvalue weighted by Crippen LogP contribution is 2.32. The molecule has 0 unspecified atom stereocenters. The largest absolute Gasteiger partial charge is 0.493 e. The highest BCUT2D eigenvalue weighted by molar-refractivity contribution is 7.92. The maximum absolute atomic E-state index is 13.5. The summed E-state index contributed by atoms with van der Waals surface area (Å²) in [6, 6.07) is 16.6. The SMILES string of the molecule is CCc1ccc(OCCNC(=O)CN(c2ccc(F)cc2)S(=O)(=O)c2ccc(OC)c(OC)c2)cc1. The average Bonchev–Trinajstić information content (AvgIpc) is 2.90. The van der Waals surface area contributed by atoms with Crippen LogP contribution in [0.5, 0.6) is 17.2 Å². The fourth-order valence-electron chi connectivity index (χ4n) is 3.39. The van der Waals surface area contributed by atoms with Gasteiger partial charge in [0.15, 0.2) is 11.5 Å². The molecule has 0 aliphatic carbocycles. The summed E-state index contributed by atoms with van der Waals surface area (Å²) in [5.74, 6) is 0.160. The molecule has 0 fully saturated rings. The number of nitrogens with one attached hydrogen (secondary N) is 1. The predicted molar refractivity (Wildman–Crippen MR) is 135 cm³/mol. The Kier molecular flexibility index (Phi) is 9.13. The molecule has 0 aliphatic heterocycles. The first-order valence-corrected chi connectivity index (χ1v) is 12.7. The number of benzene rings is 3. The van der Waals surface area contributed by atoms with Crippen molar-refractivity contribution in [2.75, 3.05) is 38.2 Å². The molecule has 8 nitrogen and oxygen atoms in total. The summed E-state index contributed by atoms with van der Waals surface area (Å²) in [7, 11) is -1.39. The van der Waals surface area contributed by atoms with Gasteiger partial charge in [0.05, 0.1) is 31.3 Å². The number of rotatable bonds is 12. The third kappa shape index (κ3) is 6.66. The maximum atomic E-state index is 13.5. The van der Waals surface area contributed by atoms with Crippen LogP contribution in [0.15, 0.2) is 71.6 Å². The molecular weight excluding hydrogens is 487 g/mol. The molecule has 192 valence electrons. The van der Waals surface area contributed by atoms with Gasteiger partial charge in [-0.05, 0) is 60.5 Å². The number of carbonyl (C=O) groups is 1. The second kappa shape index (κ2) is 12.3. The van der Waals surface area contributed by atoms with Crippen molar-refractivity contribution in [3.8, 4) is 17.2 Å². The molecule has 0 aromatic heterocycles. The van der Waals surface area contributed by atoms with E-state index in [-0.39, 0.29) is 29.5 Å². The summed E-state index contributed by atoms with van der Waals surface area (Å²) in [6.45, 7) is 1.91. The van der Waals surface area contributed by atoms with E-state index < -0.39 is 28.3 Å². The monoisotopic (exact) mass is 516 g/mol. The van der Waals surface area contributed by atoms with Crippen molar-refractivity contribution in [1.82, 2.24) is 5.32 Å². The van der Waals surface area contributed by atoms with Crippen LogP contribution < -0.4 is 23.8 Å². The molecule has 1 N–H and O–H groups in total. The number of anilines is 1. The molecule has 0 saturated carbocycles. The van der Waals surface area contributed by atoms with Gasteiger partial charge in [-0.1, -0.05) is 19.1 Å². The molecule has 3 rings (SSSR count). The van der Waals surface area contributed by atoms with Crippen LogP contribution >= 0.6 is 0 Å². The lowest BCUT2D eigenvalue weighted by molar-refractivity contribution is -0.119. The number of hydrogen-bond donors (Lipinski definition) is 1. The first-order valence-electron chi connectivity index (χ1n) is 11.3. The number of halogens is 1. The minimum atomic E-state index is -4.22. The topological polar surface area (TPSA) is 94.2 Å². The Labute approximate surface area is 210 Å². The summed E-state index contributed by atoms with van der Waals surface area (Å²) in [5.41, 5.74) is 1.32. The summed E-state index contributed by atoms with van der Waals surface area (Å²) in [6.07, 6.45) is 0.924. The number of ether oxygens (including phenoxy) is 3. The van der Waals surface area contributed by atoms with Crippen LogP contribution in [0.4, 0.5) is 10.1 Å².